The quantitative estimate of drug-likeness (QED) is 0.751. The molecule has 1 aromatic carbocycles. The summed E-state index contributed by atoms with van der Waals surface area (Å²) in [6, 6.07) is 9.32. The minimum atomic E-state index is -0.303. The van der Waals surface area contributed by atoms with E-state index in [0.717, 1.165) is 5.56 Å². The van der Waals surface area contributed by atoms with E-state index in [2.05, 4.69) is 0 Å². The highest BCUT2D eigenvalue weighted by Gasteiger charge is 2.05. The van der Waals surface area contributed by atoms with E-state index in [0.29, 0.717) is 26.3 Å². The molecular formula is C16H19FN2O3. The summed E-state index contributed by atoms with van der Waals surface area (Å²) in [6.45, 7) is 1.99. The van der Waals surface area contributed by atoms with Crippen LogP contribution in [0.3, 0.4) is 0 Å². The molecule has 1 aromatic heterocycles. The van der Waals surface area contributed by atoms with Crippen molar-refractivity contribution in [3.8, 4) is 5.75 Å². The fourth-order valence-corrected chi connectivity index (χ4v) is 1.89. The smallest absolute Gasteiger partial charge is 0.292 e. The number of rotatable bonds is 8. The molecule has 0 amide bonds. The van der Waals surface area contributed by atoms with Crippen molar-refractivity contribution in [2.45, 2.75) is 13.2 Å². The second-order valence-corrected chi connectivity index (χ2v) is 4.69. The van der Waals surface area contributed by atoms with E-state index in [1.807, 2.05) is 0 Å². The molecule has 22 heavy (non-hydrogen) atoms. The molecule has 2 aromatic rings. The molecule has 0 fully saturated rings. The first-order valence-electron chi connectivity index (χ1n) is 7.05. The highest BCUT2D eigenvalue weighted by Crippen LogP contribution is 2.08. The molecule has 0 saturated heterocycles. The van der Waals surface area contributed by atoms with Crippen molar-refractivity contribution in [3.05, 3.63) is 64.3 Å². The lowest BCUT2D eigenvalue weighted by molar-refractivity contribution is 0.132. The number of hydrogen-bond acceptors (Lipinski definition) is 4. The standard InChI is InChI=1S/C16H19FN2O3/c17-14-5-3-13(4-6-14)12-22-15-2-1-8-19(16(15)20)9-11-21-10-7-18/h1-6,8H,7,9-12,18H2. The maximum Gasteiger partial charge on any atom is 0.292 e. The molecule has 5 nitrogen and oxygen atoms in total. The largest absolute Gasteiger partial charge is 0.483 e. The Morgan fingerprint density at radius 2 is 1.91 bits per heavy atom. The van der Waals surface area contributed by atoms with Crippen LogP contribution in [0.5, 0.6) is 5.75 Å². The average molecular weight is 306 g/mol. The molecule has 0 bridgehead atoms. The van der Waals surface area contributed by atoms with Gasteiger partial charge < -0.3 is 19.8 Å². The van der Waals surface area contributed by atoms with E-state index < -0.39 is 0 Å². The lowest BCUT2D eigenvalue weighted by Crippen LogP contribution is -2.23. The predicted molar refractivity (Wildman–Crippen MR) is 81.3 cm³/mol. The topological polar surface area (TPSA) is 66.5 Å². The normalized spacial score (nSPS) is 10.6. The maximum absolute atomic E-state index is 12.8. The van der Waals surface area contributed by atoms with E-state index >= 15 is 0 Å². The molecule has 0 atom stereocenters. The van der Waals surface area contributed by atoms with E-state index in [4.69, 9.17) is 15.2 Å². The maximum atomic E-state index is 12.8. The summed E-state index contributed by atoms with van der Waals surface area (Å²) in [5, 5.41) is 0. The Labute approximate surface area is 128 Å². The highest BCUT2D eigenvalue weighted by molar-refractivity contribution is 5.20. The van der Waals surface area contributed by atoms with E-state index in [1.54, 1.807) is 30.5 Å². The summed E-state index contributed by atoms with van der Waals surface area (Å²) in [5.41, 5.74) is 5.90. The van der Waals surface area contributed by atoms with Gasteiger partial charge in [-0.05, 0) is 29.8 Å². The molecule has 0 aliphatic rings. The van der Waals surface area contributed by atoms with Crippen LogP contribution < -0.4 is 16.0 Å². The van der Waals surface area contributed by atoms with Crippen LogP contribution in [0.1, 0.15) is 5.56 Å². The van der Waals surface area contributed by atoms with Crippen molar-refractivity contribution in [1.29, 1.82) is 0 Å². The highest BCUT2D eigenvalue weighted by atomic mass is 19.1. The van der Waals surface area contributed by atoms with E-state index in [1.165, 1.54) is 16.7 Å². The summed E-state index contributed by atoms with van der Waals surface area (Å²) in [7, 11) is 0. The zero-order valence-corrected chi connectivity index (χ0v) is 12.2. The van der Waals surface area contributed by atoms with Gasteiger partial charge in [0.15, 0.2) is 5.75 Å². The van der Waals surface area contributed by atoms with Crippen molar-refractivity contribution in [2.75, 3.05) is 19.8 Å². The predicted octanol–water partition coefficient (Wildman–Crippen LogP) is 1.54. The fourth-order valence-electron chi connectivity index (χ4n) is 1.89. The summed E-state index contributed by atoms with van der Waals surface area (Å²) in [5.74, 6) is -0.0473. The van der Waals surface area contributed by atoms with Crippen LogP contribution in [0.2, 0.25) is 0 Å². The Morgan fingerprint density at radius 1 is 1.14 bits per heavy atom. The van der Waals surface area contributed by atoms with Gasteiger partial charge in [0, 0.05) is 19.3 Å². The van der Waals surface area contributed by atoms with Crippen LogP contribution in [0.4, 0.5) is 4.39 Å². The first kappa shape index (κ1) is 16.2. The summed E-state index contributed by atoms with van der Waals surface area (Å²) >= 11 is 0. The number of aromatic nitrogens is 1. The number of nitrogens with zero attached hydrogens (tertiary/aromatic N) is 1. The van der Waals surface area contributed by atoms with E-state index in [9.17, 15) is 9.18 Å². The van der Waals surface area contributed by atoms with Gasteiger partial charge >= 0.3 is 0 Å². The number of pyridine rings is 1. The molecule has 118 valence electrons. The average Bonchev–Trinajstić information content (AvgIpc) is 2.53. The van der Waals surface area contributed by atoms with Crippen LogP contribution in [-0.2, 0) is 17.9 Å². The monoisotopic (exact) mass is 306 g/mol. The minimum absolute atomic E-state index is 0.212. The van der Waals surface area contributed by atoms with Gasteiger partial charge in [-0.2, -0.15) is 0 Å². The molecule has 0 spiro atoms. The zero-order chi connectivity index (χ0) is 15.8. The van der Waals surface area contributed by atoms with Crippen molar-refractivity contribution in [3.63, 3.8) is 0 Å². The van der Waals surface area contributed by atoms with Gasteiger partial charge in [0.1, 0.15) is 12.4 Å². The first-order chi connectivity index (χ1) is 10.7. The molecule has 2 N–H and O–H groups in total. The third-order valence-corrected chi connectivity index (χ3v) is 3.03. The summed E-state index contributed by atoms with van der Waals surface area (Å²) in [6.07, 6.45) is 1.68. The lowest BCUT2D eigenvalue weighted by Gasteiger charge is -2.10. The summed E-state index contributed by atoms with van der Waals surface area (Å²) in [4.78, 5) is 12.2. The van der Waals surface area contributed by atoms with Crippen LogP contribution in [-0.4, -0.2) is 24.3 Å². The van der Waals surface area contributed by atoms with Crippen molar-refractivity contribution < 1.29 is 13.9 Å². The van der Waals surface area contributed by atoms with Gasteiger partial charge in [-0.25, -0.2) is 4.39 Å². The molecule has 0 aliphatic carbocycles. The zero-order valence-electron chi connectivity index (χ0n) is 12.2. The molecule has 0 saturated carbocycles. The van der Waals surface area contributed by atoms with E-state index in [-0.39, 0.29) is 23.7 Å². The number of ether oxygens (including phenoxy) is 2. The Bertz CT molecular complexity index is 641. The molecule has 0 unspecified atom stereocenters. The van der Waals surface area contributed by atoms with Crippen molar-refractivity contribution >= 4 is 0 Å². The third kappa shape index (κ3) is 4.68. The Morgan fingerprint density at radius 3 is 2.64 bits per heavy atom. The van der Waals surface area contributed by atoms with Crippen LogP contribution in [0, 0.1) is 5.82 Å². The Hall–Kier alpha value is -2.18. The second kappa shape index (κ2) is 8.31. The lowest BCUT2D eigenvalue weighted by atomic mass is 10.2. The van der Waals surface area contributed by atoms with Crippen LogP contribution in [0.25, 0.3) is 0 Å². The molecule has 1 heterocycles. The van der Waals surface area contributed by atoms with Gasteiger partial charge in [-0.15, -0.1) is 0 Å². The third-order valence-electron chi connectivity index (χ3n) is 3.03. The number of halogens is 1. The minimum Gasteiger partial charge on any atom is -0.483 e. The fraction of sp³-hybridized carbons (Fsp3) is 0.312. The Kier molecular flexibility index (Phi) is 6.12. The molecule has 0 aliphatic heterocycles. The van der Waals surface area contributed by atoms with Crippen molar-refractivity contribution in [2.24, 2.45) is 5.73 Å². The van der Waals surface area contributed by atoms with Crippen LogP contribution >= 0.6 is 0 Å². The first-order valence-corrected chi connectivity index (χ1v) is 7.05. The Balaban J connectivity index is 1.96. The van der Waals surface area contributed by atoms with Gasteiger partial charge in [-0.3, -0.25) is 4.79 Å². The van der Waals surface area contributed by atoms with Gasteiger partial charge in [-0.1, -0.05) is 12.1 Å². The molecule has 0 radical (unpaired) electrons. The summed E-state index contributed by atoms with van der Waals surface area (Å²) < 4.78 is 25.1. The van der Waals surface area contributed by atoms with Gasteiger partial charge in [0.25, 0.3) is 5.56 Å². The SMILES string of the molecule is NCCOCCn1cccc(OCc2ccc(F)cc2)c1=O. The van der Waals surface area contributed by atoms with Crippen molar-refractivity contribution in [1.82, 2.24) is 4.57 Å². The van der Waals surface area contributed by atoms with Gasteiger partial charge in [0.2, 0.25) is 0 Å². The number of hydrogen-bond donors (Lipinski definition) is 1. The van der Waals surface area contributed by atoms with Gasteiger partial charge in [0.05, 0.1) is 13.2 Å². The molecule has 6 heteroatoms. The number of nitrogens with two attached hydrogens (primary N) is 1. The second-order valence-electron chi connectivity index (χ2n) is 4.69. The number of benzene rings is 1. The molecule has 2 rings (SSSR count). The molecular weight excluding hydrogens is 287 g/mol. The van der Waals surface area contributed by atoms with Crippen LogP contribution in [0.15, 0.2) is 47.4 Å².